The lowest BCUT2D eigenvalue weighted by atomic mass is 10.1. The average Bonchev–Trinajstić information content (AvgIpc) is 2.70. The van der Waals surface area contributed by atoms with E-state index in [1.807, 2.05) is 18.2 Å². The maximum absolute atomic E-state index is 5.70. The third-order valence-corrected chi connectivity index (χ3v) is 4.08. The number of para-hydroxylation sites is 1. The molecule has 1 nitrogen and oxygen atoms in total. The zero-order chi connectivity index (χ0) is 13.1. The Kier molecular flexibility index (Phi) is 3.60. The summed E-state index contributed by atoms with van der Waals surface area (Å²) in [4.78, 5) is 3.24. The van der Waals surface area contributed by atoms with Gasteiger partial charge in [0.1, 0.15) is 4.99 Å². The Labute approximate surface area is 119 Å². The molecule has 0 atom stereocenters. The molecule has 0 unspecified atom stereocenters. The van der Waals surface area contributed by atoms with Gasteiger partial charge < -0.3 is 4.90 Å². The van der Waals surface area contributed by atoms with Gasteiger partial charge in [-0.15, -0.1) is 0 Å². The molecule has 0 amide bonds. The van der Waals surface area contributed by atoms with Crippen molar-refractivity contribution in [1.82, 2.24) is 0 Å². The highest BCUT2D eigenvalue weighted by atomic mass is 32.1. The summed E-state index contributed by atoms with van der Waals surface area (Å²) in [5.41, 5.74) is 3.83. The molecule has 0 radical (unpaired) electrons. The fourth-order valence-electron chi connectivity index (χ4n) is 2.64. The van der Waals surface area contributed by atoms with Crippen molar-refractivity contribution in [2.45, 2.75) is 19.3 Å². The van der Waals surface area contributed by atoms with Gasteiger partial charge >= 0.3 is 0 Å². The van der Waals surface area contributed by atoms with Gasteiger partial charge in [0.05, 0.1) is 0 Å². The van der Waals surface area contributed by atoms with Crippen molar-refractivity contribution in [1.29, 1.82) is 0 Å². The highest BCUT2D eigenvalue weighted by molar-refractivity contribution is 7.81. The fraction of sp³-hybridized carbons (Fsp3) is 0.235. The highest BCUT2D eigenvalue weighted by Gasteiger charge is 2.18. The Morgan fingerprint density at radius 1 is 0.895 bits per heavy atom. The molecule has 0 spiro atoms. The van der Waals surface area contributed by atoms with Crippen LogP contribution in [0.25, 0.3) is 0 Å². The number of fused-ring (bicyclic) bond motifs is 1. The van der Waals surface area contributed by atoms with Crippen molar-refractivity contribution < 1.29 is 0 Å². The number of thiocarbonyl (C=S) groups is 1. The SMILES string of the molecule is S=C(c1ccccc1)N1CCCCc2ccccc21. The predicted molar refractivity (Wildman–Crippen MR) is 84.9 cm³/mol. The zero-order valence-corrected chi connectivity index (χ0v) is 11.7. The minimum atomic E-state index is 0.940. The summed E-state index contributed by atoms with van der Waals surface area (Å²) in [6, 6.07) is 18.9. The maximum Gasteiger partial charge on any atom is 0.113 e. The molecule has 0 fully saturated rings. The van der Waals surface area contributed by atoms with E-state index in [0.717, 1.165) is 23.5 Å². The van der Waals surface area contributed by atoms with Crippen LogP contribution in [-0.4, -0.2) is 11.5 Å². The van der Waals surface area contributed by atoms with E-state index in [2.05, 4.69) is 41.3 Å². The quantitative estimate of drug-likeness (QED) is 0.712. The van der Waals surface area contributed by atoms with Crippen molar-refractivity contribution in [3.05, 3.63) is 65.7 Å². The Morgan fingerprint density at radius 3 is 2.47 bits per heavy atom. The van der Waals surface area contributed by atoms with E-state index in [9.17, 15) is 0 Å². The van der Waals surface area contributed by atoms with Crippen LogP contribution in [0.5, 0.6) is 0 Å². The number of hydrogen-bond acceptors (Lipinski definition) is 1. The summed E-state index contributed by atoms with van der Waals surface area (Å²) in [7, 11) is 0. The van der Waals surface area contributed by atoms with Gasteiger partial charge in [0, 0.05) is 17.8 Å². The van der Waals surface area contributed by atoms with Gasteiger partial charge in [-0.05, 0) is 30.9 Å². The Hall–Kier alpha value is -1.67. The summed E-state index contributed by atoms with van der Waals surface area (Å²) in [6.45, 7) is 1.02. The van der Waals surface area contributed by atoms with E-state index in [1.165, 1.54) is 24.1 Å². The second-order valence-corrected chi connectivity index (χ2v) is 5.30. The highest BCUT2D eigenvalue weighted by Crippen LogP contribution is 2.27. The predicted octanol–water partition coefficient (Wildman–Crippen LogP) is 4.21. The molecule has 0 aliphatic carbocycles. The van der Waals surface area contributed by atoms with Crippen LogP contribution in [0.3, 0.4) is 0 Å². The molecule has 2 aromatic carbocycles. The summed E-state index contributed by atoms with van der Waals surface area (Å²) in [6.07, 6.45) is 3.59. The number of benzene rings is 2. The minimum absolute atomic E-state index is 0.940. The first-order chi connectivity index (χ1) is 9.36. The lowest BCUT2D eigenvalue weighted by Crippen LogP contribution is -2.30. The molecule has 1 heterocycles. The molecule has 0 bridgehead atoms. The van der Waals surface area contributed by atoms with E-state index in [1.54, 1.807) is 0 Å². The lowest BCUT2D eigenvalue weighted by molar-refractivity contribution is 0.767. The van der Waals surface area contributed by atoms with Crippen LogP contribution >= 0.6 is 12.2 Å². The maximum atomic E-state index is 5.70. The van der Waals surface area contributed by atoms with E-state index in [4.69, 9.17) is 12.2 Å². The van der Waals surface area contributed by atoms with Crippen molar-refractivity contribution in [2.75, 3.05) is 11.4 Å². The van der Waals surface area contributed by atoms with E-state index in [0.29, 0.717) is 0 Å². The summed E-state index contributed by atoms with van der Waals surface area (Å²) < 4.78 is 0. The van der Waals surface area contributed by atoms with Crippen molar-refractivity contribution in [2.24, 2.45) is 0 Å². The molecule has 0 saturated heterocycles. The first-order valence-corrected chi connectivity index (χ1v) is 7.22. The summed E-state index contributed by atoms with van der Waals surface area (Å²) in [5, 5.41) is 0. The van der Waals surface area contributed by atoms with Crippen LogP contribution in [0, 0.1) is 0 Å². The Balaban J connectivity index is 1.99. The van der Waals surface area contributed by atoms with Crippen LogP contribution in [-0.2, 0) is 6.42 Å². The van der Waals surface area contributed by atoms with E-state index >= 15 is 0 Å². The van der Waals surface area contributed by atoms with E-state index in [-0.39, 0.29) is 0 Å². The molecule has 3 rings (SSSR count). The Morgan fingerprint density at radius 2 is 1.63 bits per heavy atom. The molecule has 19 heavy (non-hydrogen) atoms. The number of aryl methyl sites for hydroxylation is 1. The smallest absolute Gasteiger partial charge is 0.113 e. The monoisotopic (exact) mass is 267 g/mol. The molecule has 2 heteroatoms. The van der Waals surface area contributed by atoms with Crippen LogP contribution in [0.15, 0.2) is 54.6 Å². The minimum Gasteiger partial charge on any atom is -0.332 e. The van der Waals surface area contributed by atoms with Gasteiger partial charge in [0.2, 0.25) is 0 Å². The molecule has 0 saturated carbocycles. The van der Waals surface area contributed by atoms with Gasteiger partial charge in [0.25, 0.3) is 0 Å². The largest absolute Gasteiger partial charge is 0.332 e. The number of anilines is 1. The summed E-state index contributed by atoms with van der Waals surface area (Å²) in [5.74, 6) is 0. The molecular weight excluding hydrogens is 250 g/mol. The van der Waals surface area contributed by atoms with Gasteiger partial charge in [-0.25, -0.2) is 0 Å². The number of nitrogens with zero attached hydrogens (tertiary/aromatic N) is 1. The molecule has 1 aliphatic rings. The van der Waals surface area contributed by atoms with Crippen LogP contribution < -0.4 is 4.90 Å². The second-order valence-electron chi connectivity index (χ2n) is 4.91. The van der Waals surface area contributed by atoms with Gasteiger partial charge in [-0.1, -0.05) is 60.7 Å². The van der Waals surface area contributed by atoms with Crippen LogP contribution in [0.1, 0.15) is 24.0 Å². The fourth-order valence-corrected chi connectivity index (χ4v) is 2.96. The van der Waals surface area contributed by atoms with Crippen LogP contribution in [0.4, 0.5) is 5.69 Å². The van der Waals surface area contributed by atoms with Crippen LogP contribution in [0.2, 0.25) is 0 Å². The molecular formula is C17H17NS. The zero-order valence-electron chi connectivity index (χ0n) is 10.9. The topological polar surface area (TPSA) is 3.24 Å². The van der Waals surface area contributed by atoms with E-state index < -0.39 is 0 Å². The number of hydrogen-bond donors (Lipinski definition) is 0. The van der Waals surface area contributed by atoms with Gasteiger partial charge in [-0.3, -0.25) is 0 Å². The standard InChI is InChI=1S/C17H17NS/c19-17(15-10-2-1-3-11-15)18-13-7-6-9-14-8-4-5-12-16(14)18/h1-5,8,10-12H,6-7,9,13H2. The second kappa shape index (κ2) is 5.54. The third kappa shape index (κ3) is 2.54. The van der Waals surface area contributed by atoms with Crippen molar-refractivity contribution in [3.63, 3.8) is 0 Å². The molecule has 1 aliphatic heterocycles. The van der Waals surface area contributed by atoms with Crippen molar-refractivity contribution >= 4 is 22.9 Å². The third-order valence-electron chi connectivity index (χ3n) is 3.63. The van der Waals surface area contributed by atoms with Gasteiger partial charge in [0.15, 0.2) is 0 Å². The average molecular weight is 267 g/mol. The first-order valence-electron chi connectivity index (χ1n) is 6.81. The number of rotatable bonds is 1. The normalized spacial score (nSPS) is 14.6. The van der Waals surface area contributed by atoms with Gasteiger partial charge in [-0.2, -0.15) is 0 Å². The Bertz CT molecular complexity index is 577. The lowest BCUT2D eigenvalue weighted by Gasteiger charge is -2.25. The van der Waals surface area contributed by atoms with Crippen molar-refractivity contribution in [3.8, 4) is 0 Å². The summed E-state index contributed by atoms with van der Waals surface area (Å²) >= 11 is 5.70. The first kappa shape index (κ1) is 12.4. The molecule has 96 valence electrons. The molecule has 0 aromatic heterocycles. The molecule has 2 aromatic rings. The molecule has 0 N–H and O–H groups in total.